The van der Waals surface area contributed by atoms with Crippen molar-refractivity contribution in [3.8, 4) is 22.6 Å². The van der Waals surface area contributed by atoms with Gasteiger partial charge in [0.1, 0.15) is 4.83 Å². The fraction of sp³-hybridized carbons (Fsp3) is 0. The molecule has 0 N–H and O–H groups in total. The minimum atomic E-state index is 0.241. The number of benzene rings is 8. The Labute approximate surface area is 338 Å². The lowest BCUT2D eigenvalue weighted by Gasteiger charge is -2.12. The smallest absolute Gasteiger partial charge is 0.225 e. The standard InChI is InChI=1S/C50H27ClN4S2/c51-50-52-48(45-36-18-8-11-21-42(36)57-49(45)53-50)55-39-25-23-28(29-22-24-32-31-14-6-9-19-38(31)54(40(32)27-29)30-12-2-1-3-13-30)26-37(39)44-46(55)34-16-5-4-15-33(34)43-35-17-7-10-20-41(35)56-47(43)44/h1-27H. The molecule has 57 heavy (non-hydrogen) atoms. The first-order valence-electron chi connectivity index (χ1n) is 18.9. The molecule has 7 heteroatoms. The van der Waals surface area contributed by atoms with Crippen LogP contribution in [0.5, 0.6) is 0 Å². The minimum absolute atomic E-state index is 0.241. The lowest BCUT2D eigenvalue weighted by atomic mass is 9.98. The summed E-state index contributed by atoms with van der Waals surface area (Å²) in [5, 5.41) is 12.3. The van der Waals surface area contributed by atoms with Gasteiger partial charge in [-0.25, -0.2) is 4.98 Å². The van der Waals surface area contributed by atoms with Gasteiger partial charge in [0.15, 0.2) is 5.82 Å². The summed E-state index contributed by atoms with van der Waals surface area (Å²) in [6, 6.07) is 59.4. The van der Waals surface area contributed by atoms with E-state index in [2.05, 4.69) is 173 Å². The average Bonchev–Trinajstić information content (AvgIpc) is 4.01. The van der Waals surface area contributed by atoms with E-state index in [0.717, 1.165) is 54.0 Å². The molecule has 0 fully saturated rings. The van der Waals surface area contributed by atoms with Crippen LogP contribution in [-0.4, -0.2) is 19.1 Å². The third-order valence-corrected chi connectivity index (χ3v) is 14.1. The summed E-state index contributed by atoms with van der Waals surface area (Å²) in [5.74, 6) is 0.801. The molecule has 5 aromatic heterocycles. The van der Waals surface area contributed by atoms with Crippen molar-refractivity contribution >= 4 is 129 Å². The van der Waals surface area contributed by atoms with Crippen molar-refractivity contribution in [1.82, 2.24) is 19.1 Å². The summed E-state index contributed by atoms with van der Waals surface area (Å²) >= 11 is 10.4. The zero-order valence-corrected chi connectivity index (χ0v) is 32.5. The van der Waals surface area contributed by atoms with Crippen LogP contribution in [0.1, 0.15) is 0 Å². The zero-order valence-electron chi connectivity index (χ0n) is 30.1. The second-order valence-electron chi connectivity index (χ2n) is 14.7. The maximum Gasteiger partial charge on any atom is 0.225 e. The van der Waals surface area contributed by atoms with Gasteiger partial charge < -0.3 is 4.57 Å². The topological polar surface area (TPSA) is 35.6 Å². The highest BCUT2D eigenvalue weighted by Crippen LogP contribution is 2.50. The first-order valence-corrected chi connectivity index (χ1v) is 20.9. The van der Waals surface area contributed by atoms with E-state index in [1.807, 2.05) is 11.3 Å². The highest BCUT2D eigenvalue weighted by molar-refractivity contribution is 7.27. The van der Waals surface area contributed by atoms with Crippen LogP contribution in [0.4, 0.5) is 0 Å². The van der Waals surface area contributed by atoms with Gasteiger partial charge >= 0.3 is 0 Å². The highest BCUT2D eigenvalue weighted by Gasteiger charge is 2.25. The number of hydrogen-bond donors (Lipinski definition) is 0. The molecule has 5 heterocycles. The minimum Gasteiger partial charge on any atom is -0.309 e. The summed E-state index contributed by atoms with van der Waals surface area (Å²) in [6.07, 6.45) is 0. The van der Waals surface area contributed by atoms with E-state index in [4.69, 9.17) is 21.6 Å². The van der Waals surface area contributed by atoms with Crippen molar-refractivity contribution in [1.29, 1.82) is 0 Å². The Hall–Kier alpha value is -6.57. The predicted octanol–water partition coefficient (Wildman–Crippen LogP) is 14.9. The zero-order chi connectivity index (χ0) is 37.4. The van der Waals surface area contributed by atoms with Gasteiger partial charge in [0.05, 0.1) is 27.5 Å². The normalized spacial score (nSPS) is 12.3. The Balaban J connectivity index is 1.19. The number of halogens is 1. The van der Waals surface area contributed by atoms with Crippen LogP contribution in [0.2, 0.25) is 5.28 Å². The fourth-order valence-corrected chi connectivity index (χ4v) is 11.9. The number of rotatable bonds is 3. The average molecular weight is 783 g/mol. The molecule has 0 radical (unpaired) electrons. The van der Waals surface area contributed by atoms with Crippen molar-refractivity contribution < 1.29 is 0 Å². The second kappa shape index (κ2) is 11.7. The number of hydrogen-bond acceptors (Lipinski definition) is 4. The summed E-state index contributed by atoms with van der Waals surface area (Å²) in [7, 11) is 0. The Bertz CT molecular complexity index is 3830. The monoisotopic (exact) mass is 782 g/mol. The molecule has 13 aromatic rings. The quantitative estimate of drug-likeness (QED) is 0.167. The Morgan fingerprint density at radius 1 is 0.421 bits per heavy atom. The Morgan fingerprint density at radius 3 is 1.86 bits per heavy atom. The molecule has 4 nitrogen and oxygen atoms in total. The van der Waals surface area contributed by atoms with Crippen molar-refractivity contribution in [2.24, 2.45) is 0 Å². The van der Waals surface area contributed by atoms with Crippen LogP contribution in [0.3, 0.4) is 0 Å². The summed E-state index contributed by atoms with van der Waals surface area (Å²) < 4.78 is 8.47. The van der Waals surface area contributed by atoms with Crippen LogP contribution in [0.25, 0.3) is 117 Å². The third kappa shape index (κ3) is 4.37. The maximum atomic E-state index is 6.85. The molecule has 0 unspecified atom stereocenters. The third-order valence-electron chi connectivity index (χ3n) is 11.7. The van der Waals surface area contributed by atoms with E-state index in [-0.39, 0.29) is 5.28 Å². The molecule has 0 aliphatic carbocycles. The fourth-order valence-electron chi connectivity index (χ4n) is 9.32. The van der Waals surface area contributed by atoms with Crippen LogP contribution >= 0.6 is 34.3 Å². The molecule has 0 aliphatic rings. The van der Waals surface area contributed by atoms with Gasteiger partial charge in [0.2, 0.25) is 5.28 Å². The first-order chi connectivity index (χ1) is 28.2. The second-order valence-corrected chi connectivity index (χ2v) is 17.1. The Kier molecular flexibility index (Phi) is 6.50. The van der Waals surface area contributed by atoms with Crippen molar-refractivity contribution in [3.63, 3.8) is 0 Å². The van der Waals surface area contributed by atoms with Crippen LogP contribution in [-0.2, 0) is 0 Å². The number of aromatic nitrogens is 4. The lowest BCUT2D eigenvalue weighted by Crippen LogP contribution is -2.00. The molecule has 0 saturated carbocycles. The van der Waals surface area contributed by atoms with Gasteiger partial charge in [-0.05, 0) is 76.6 Å². The summed E-state index contributed by atoms with van der Waals surface area (Å²) in [5.41, 5.74) is 8.05. The largest absolute Gasteiger partial charge is 0.309 e. The predicted molar refractivity (Wildman–Crippen MR) is 244 cm³/mol. The van der Waals surface area contributed by atoms with E-state index < -0.39 is 0 Å². The SMILES string of the molecule is Clc1nc(-n2c3ccc(-c4ccc5c6ccccc6n(-c6ccccc6)c5c4)cc3c3c4sc5ccccc5c4c4ccccc4c32)c2c(n1)sc1ccccc12. The number of para-hydroxylation sites is 2. The van der Waals surface area contributed by atoms with Crippen LogP contribution in [0, 0.1) is 0 Å². The van der Waals surface area contributed by atoms with Crippen molar-refractivity contribution in [3.05, 3.63) is 169 Å². The maximum absolute atomic E-state index is 6.85. The van der Waals surface area contributed by atoms with Gasteiger partial charge in [0, 0.05) is 62.9 Å². The molecule has 266 valence electrons. The number of nitrogens with zero attached hydrogens (tertiary/aromatic N) is 4. The van der Waals surface area contributed by atoms with Gasteiger partial charge in [-0.2, -0.15) is 4.98 Å². The number of fused-ring (bicyclic) bond motifs is 16. The molecule has 0 atom stereocenters. The number of thiophene rings is 2. The molecule has 13 rings (SSSR count). The van der Waals surface area contributed by atoms with E-state index in [0.29, 0.717) is 0 Å². The van der Waals surface area contributed by atoms with Gasteiger partial charge in [-0.1, -0.05) is 115 Å². The molecule has 0 saturated heterocycles. The van der Waals surface area contributed by atoms with Crippen LogP contribution < -0.4 is 0 Å². The van der Waals surface area contributed by atoms with E-state index >= 15 is 0 Å². The summed E-state index contributed by atoms with van der Waals surface area (Å²) in [4.78, 5) is 10.7. The summed E-state index contributed by atoms with van der Waals surface area (Å²) in [6.45, 7) is 0. The van der Waals surface area contributed by atoms with E-state index in [9.17, 15) is 0 Å². The molecular weight excluding hydrogens is 756 g/mol. The van der Waals surface area contributed by atoms with E-state index in [1.165, 1.54) is 63.5 Å². The van der Waals surface area contributed by atoms with Crippen molar-refractivity contribution in [2.75, 3.05) is 0 Å². The van der Waals surface area contributed by atoms with Crippen molar-refractivity contribution in [2.45, 2.75) is 0 Å². The molecule has 0 spiro atoms. The first kappa shape index (κ1) is 31.6. The van der Waals surface area contributed by atoms with Crippen LogP contribution in [0.15, 0.2) is 164 Å². The molecule has 0 aliphatic heterocycles. The lowest BCUT2D eigenvalue weighted by molar-refractivity contribution is 1.08. The molecule has 8 aromatic carbocycles. The molecule has 0 amide bonds. The molecule has 0 bridgehead atoms. The Morgan fingerprint density at radius 2 is 1.04 bits per heavy atom. The highest BCUT2D eigenvalue weighted by atomic mass is 35.5. The van der Waals surface area contributed by atoms with E-state index in [1.54, 1.807) is 11.3 Å². The van der Waals surface area contributed by atoms with Gasteiger partial charge in [-0.15, -0.1) is 22.7 Å². The van der Waals surface area contributed by atoms with Gasteiger partial charge in [0.25, 0.3) is 0 Å². The van der Waals surface area contributed by atoms with Gasteiger partial charge in [-0.3, -0.25) is 4.57 Å². The molecular formula is C50H27ClN4S2.